The van der Waals surface area contributed by atoms with Gasteiger partial charge in [-0.2, -0.15) is 5.10 Å². The molecular formula is C15H18N4O2. The number of nitrogens with one attached hydrogen (secondary N) is 2. The topological polar surface area (TPSA) is 79.9 Å². The summed E-state index contributed by atoms with van der Waals surface area (Å²) >= 11 is 0. The van der Waals surface area contributed by atoms with Gasteiger partial charge in [-0.3, -0.25) is 9.89 Å². The largest absolute Gasteiger partial charge is 0.476 e. The number of hydrogen-bond acceptors (Lipinski definition) is 4. The van der Waals surface area contributed by atoms with Gasteiger partial charge >= 0.3 is 0 Å². The van der Waals surface area contributed by atoms with Crippen molar-refractivity contribution in [1.82, 2.24) is 15.2 Å². The third-order valence-corrected chi connectivity index (χ3v) is 3.57. The molecule has 0 saturated carbocycles. The molecule has 0 bridgehead atoms. The Kier molecular flexibility index (Phi) is 3.85. The molecule has 21 heavy (non-hydrogen) atoms. The van der Waals surface area contributed by atoms with Crippen molar-refractivity contribution in [1.29, 1.82) is 0 Å². The third kappa shape index (κ3) is 2.74. The summed E-state index contributed by atoms with van der Waals surface area (Å²) in [6.45, 7) is 2.38. The zero-order chi connectivity index (χ0) is 14.7. The van der Waals surface area contributed by atoms with Gasteiger partial charge in [0.15, 0.2) is 5.69 Å². The Bertz CT molecular complexity index is 651. The highest BCUT2D eigenvalue weighted by Gasteiger charge is 2.22. The minimum absolute atomic E-state index is 0.219. The lowest BCUT2D eigenvalue weighted by molar-refractivity contribution is 0.102. The van der Waals surface area contributed by atoms with E-state index in [2.05, 4.69) is 20.5 Å². The van der Waals surface area contributed by atoms with Crippen molar-refractivity contribution < 1.29 is 9.53 Å². The molecule has 1 aliphatic rings. The van der Waals surface area contributed by atoms with E-state index < -0.39 is 0 Å². The minimum atomic E-state index is -0.219. The summed E-state index contributed by atoms with van der Waals surface area (Å²) in [5, 5.41) is 9.99. The molecule has 6 heteroatoms. The molecule has 0 saturated heterocycles. The van der Waals surface area contributed by atoms with Crippen LogP contribution in [0.15, 0.2) is 18.3 Å². The number of fused-ring (bicyclic) bond motifs is 1. The molecule has 1 aliphatic carbocycles. The number of nitrogens with zero attached hydrogens (tertiary/aromatic N) is 2. The Balaban J connectivity index is 1.82. The number of rotatable bonds is 4. The van der Waals surface area contributed by atoms with Gasteiger partial charge in [-0.15, -0.1) is 0 Å². The number of carbonyl (C=O) groups is 1. The highest BCUT2D eigenvalue weighted by atomic mass is 16.5. The lowest BCUT2D eigenvalue weighted by atomic mass is 9.96. The summed E-state index contributed by atoms with van der Waals surface area (Å²) in [6.07, 6.45) is 5.75. The Morgan fingerprint density at radius 1 is 1.43 bits per heavy atom. The second-order valence-electron chi connectivity index (χ2n) is 4.98. The highest BCUT2D eigenvalue weighted by Crippen LogP contribution is 2.25. The summed E-state index contributed by atoms with van der Waals surface area (Å²) < 4.78 is 5.41. The van der Waals surface area contributed by atoms with Gasteiger partial charge in [-0.05, 0) is 44.7 Å². The van der Waals surface area contributed by atoms with E-state index in [4.69, 9.17) is 4.74 Å². The van der Waals surface area contributed by atoms with Crippen LogP contribution in [0.4, 0.5) is 5.69 Å². The molecular weight excluding hydrogens is 268 g/mol. The summed E-state index contributed by atoms with van der Waals surface area (Å²) in [5.74, 6) is 0.209. The fourth-order valence-corrected chi connectivity index (χ4v) is 2.59. The lowest BCUT2D eigenvalue weighted by Crippen LogP contribution is -2.16. The number of aromatic nitrogens is 3. The average molecular weight is 286 g/mol. The van der Waals surface area contributed by atoms with Gasteiger partial charge in [0.25, 0.3) is 5.91 Å². The van der Waals surface area contributed by atoms with Gasteiger partial charge in [-0.1, -0.05) is 0 Å². The first kappa shape index (κ1) is 13.6. The van der Waals surface area contributed by atoms with Crippen molar-refractivity contribution in [3.8, 4) is 5.88 Å². The van der Waals surface area contributed by atoms with E-state index in [1.165, 1.54) is 0 Å². The second kappa shape index (κ2) is 5.95. The van der Waals surface area contributed by atoms with Crippen molar-refractivity contribution in [2.24, 2.45) is 0 Å². The lowest BCUT2D eigenvalue weighted by Gasteiger charge is -2.12. The molecule has 0 radical (unpaired) electrons. The maximum Gasteiger partial charge on any atom is 0.276 e. The van der Waals surface area contributed by atoms with Gasteiger partial charge in [0.05, 0.1) is 6.61 Å². The predicted molar refractivity (Wildman–Crippen MR) is 78.6 cm³/mol. The molecule has 3 rings (SSSR count). The number of anilines is 1. The summed E-state index contributed by atoms with van der Waals surface area (Å²) in [5.41, 5.74) is 3.18. The maximum atomic E-state index is 12.4. The van der Waals surface area contributed by atoms with E-state index in [1.807, 2.05) is 6.92 Å². The van der Waals surface area contributed by atoms with Gasteiger partial charge in [0, 0.05) is 17.5 Å². The van der Waals surface area contributed by atoms with Crippen LogP contribution in [0.3, 0.4) is 0 Å². The standard InChI is InChI=1S/C15H18N4O2/c1-2-21-15-12(8-5-9-16-15)17-14(20)13-10-6-3-4-7-11(10)18-19-13/h5,8-9H,2-4,6-7H2,1H3,(H,17,20)(H,18,19). The molecule has 110 valence electrons. The van der Waals surface area contributed by atoms with Crippen LogP contribution in [-0.4, -0.2) is 27.7 Å². The Labute approximate surface area is 122 Å². The average Bonchev–Trinajstić information content (AvgIpc) is 2.93. The Morgan fingerprint density at radius 3 is 3.14 bits per heavy atom. The van der Waals surface area contributed by atoms with Crippen LogP contribution < -0.4 is 10.1 Å². The summed E-state index contributed by atoms with van der Waals surface area (Å²) in [7, 11) is 0. The number of aromatic amines is 1. The highest BCUT2D eigenvalue weighted by molar-refractivity contribution is 6.04. The monoisotopic (exact) mass is 286 g/mol. The normalized spacial score (nSPS) is 13.6. The molecule has 2 aromatic heterocycles. The first-order valence-electron chi connectivity index (χ1n) is 7.25. The van der Waals surface area contributed by atoms with E-state index in [0.717, 1.165) is 36.9 Å². The van der Waals surface area contributed by atoms with E-state index >= 15 is 0 Å². The third-order valence-electron chi connectivity index (χ3n) is 3.57. The maximum absolute atomic E-state index is 12.4. The van der Waals surface area contributed by atoms with Crippen molar-refractivity contribution in [2.75, 3.05) is 11.9 Å². The number of ether oxygens (including phenoxy) is 1. The van der Waals surface area contributed by atoms with Crippen molar-refractivity contribution in [2.45, 2.75) is 32.6 Å². The van der Waals surface area contributed by atoms with Crippen LogP contribution in [0.1, 0.15) is 41.5 Å². The van der Waals surface area contributed by atoms with E-state index in [1.54, 1.807) is 18.3 Å². The smallest absolute Gasteiger partial charge is 0.276 e. The summed E-state index contributed by atoms with van der Waals surface area (Å²) in [6, 6.07) is 3.53. The van der Waals surface area contributed by atoms with Gasteiger partial charge < -0.3 is 10.1 Å². The molecule has 6 nitrogen and oxygen atoms in total. The number of pyridine rings is 1. The van der Waals surface area contributed by atoms with E-state index in [-0.39, 0.29) is 5.91 Å². The van der Waals surface area contributed by atoms with Crippen molar-refractivity contribution in [3.05, 3.63) is 35.3 Å². The minimum Gasteiger partial charge on any atom is -0.476 e. The van der Waals surface area contributed by atoms with Gasteiger partial charge in [0.2, 0.25) is 5.88 Å². The molecule has 1 amide bonds. The molecule has 2 aromatic rings. The first-order valence-corrected chi connectivity index (χ1v) is 7.25. The molecule has 0 aliphatic heterocycles. The number of amides is 1. The Morgan fingerprint density at radius 2 is 2.29 bits per heavy atom. The molecule has 0 aromatic carbocycles. The predicted octanol–water partition coefficient (Wildman–Crippen LogP) is 2.33. The molecule has 2 N–H and O–H groups in total. The molecule has 2 heterocycles. The van der Waals surface area contributed by atoms with Gasteiger partial charge in [0.1, 0.15) is 5.69 Å². The fourth-order valence-electron chi connectivity index (χ4n) is 2.59. The molecule has 0 fully saturated rings. The fraction of sp³-hybridized carbons (Fsp3) is 0.400. The number of carbonyl (C=O) groups excluding carboxylic acids is 1. The SMILES string of the molecule is CCOc1ncccc1NC(=O)c1n[nH]c2c1CCCC2. The second-order valence-corrected chi connectivity index (χ2v) is 4.98. The van der Waals surface area contributed by atoms with Crippen LogP contribution in [0, 0.1) is 0 Å². The molecule has 0 atom stereocenters. The number of aryl methyl sites for hydroxylation is 1. The Hall–Kier alpha value is -2.37. The summed E-state index contributed by atoms with van der Waals surface area (Å²) in [4.78, 5) is 16.6. The zero-order valence-electron chi connectivity index (χ0n) is 12.0. The quantitative estimate of drug-likeness (QED) is 0.904. The van der Waals surface area contributed by atoms with Crippen molar-refractivity contribution >= 4 is 11.6 Å². The van der Waals surface area contributed by atoms with Crippen LogP contribution in [0.25, 0.3) is 0 Å². The van der Waals surface area contributed by atoms with Crippen LogP contribution >= 0.6 is 0 Å². The zero-order valence-corrected chi connectivity index (χ0v) is 12.0. The van der Waals surface area contributed by atoms with Crippen molar-refractivity contribution in [3.63, 3.8) is 0 Å². The van der Waals surface area contributed by atoms with Gasteiger partial charge in [-0.25, -0.2) is 4.98 Å². The number of hydrogen-bond donors (Lipinski definition) is 2. The van der Waals surface area contributed by atoms with E-state index in [0.29, 0.717) is 23.9 Å². The molecule has 0 spiro atoms. The van der Waals surface area contributed by atoms with Crippen LogP contribution in [-0.2, 0) is 12.8 Å². The van der Waals surface area contributed by atoms with Crippen LogP contribution in [0.2, 0.25) is 0 Å². The first-order chi connectivity index (χ1) is 10.3. The number of H-pyrrole nitrogens is 1. The molecule has 0 unspecified atom stereocenters. The van der Waals surface area contributed by atoms with E-state index in [9.17, 15) is 4.79 Å². The van der Waals surface area contributed by atoms with Crippen LogP contribution in [0.5, 0.6) is 5.88 Å².